The van der Waals surface area contributed by atoms with Crippen LogP contribution in [0.15, 0.2) is 48.5 Å². The lowest BCUT2D eigenvalue weighted by atomic mass is 10.1. The average Bonchev–Trinajstić information content (AvgIpc) is 3.03. The second-order valence-electron chi connectivity index (χ2n) is 7.59. The molecule has 0 saturated carbocycles. The van der Waals surface area contributed by atoms with E-state index in [2.05, 4.69) is 0 Å². The van der Waals surface area contributed by atoms with Gasteiger partial charge in [0.2, 0.25) is 11.8 Å². The highest BCUT2D eigenvalue weighted by Gasteiger charge is 2.21. The van der Waals surface area contributed by atoms with Crippen molar-refractivity contribution < 1.29 is 18.7 Å². The van der Waals surface area contributed by atoms with E-state index in [-0.39, 0.29) is 17.6 Å². The monoisotopic (exact) mass is 412 g/mol. The molecule has 6 heteroatoms. The van der Waals surface area contributed by atoms with Crippen LogP contribution < -0.4 is 4.74 Å². The van der Waals surface area contributed by atoms with Crippen LogP contribution in [-0.2, 0) is 22.4 Å². The molecule has 3 rings (SSSR count). The van der Waals surface area contributed by atoms with Crippen LogP contribution in [0.5, 0.6) is 5.75 Å². The molecule has 1 aliphatic rings. The molecule has 0 N–H and O–H groups in total. The summed E-state index contributed by atoms with van der Waals surface area (Å²) >= 11 is 0. The highest BCUT2D eigenvalue weighted by Crippen LogP contribution is 2.14. The number of hydrogen-bond acceptors (Lipinski definition) is 3. The highest BCUT2D eigenvalue weighted by atomic mass is 19.1. The van der Waals surface area contributed by atoms with Gasteiger partial charge in [-0.2, -0.15) is 0 Å². The number of carbonyl (C=O) groups is 2. The Morgan fingerprint density at radius 3 is 2.03 bits per heavy atom. The number of aryl methyl sites for hydroxylation is 2. The van der Waals surface area contributed by atoms with Gasteiger partial charge in [-0.15, -0.1) is 0 Å². The smallest absolute Gasteiger partial charge is 0.222 e. The molecule has 2 aromatic carbocycles. The van der Waals surface area contributed by atoms with E-state index in [0.29, 0.717) is 51.9 Å². The van der Waals surface area contributed by atoms with Crippen molar-refractivity contribution >= 4 is 11.8 Å². The van der Waals surface area contributed by atoms with Crippen molar-refractivity contribution in [2.75, 3.05) is 33.3 Å². The molecule has 0 atom stereocenters. The van der Waals surface area contributed by atoms with Crippen LogP contribution in [0.25, 0.3) is 0 Å². The fourth-order valence-corrected chi connectivity index (χ4v) is 3.72. The quantitative estimate of drug-likeness (QED) is 0.700. The SMILES string of the molecule is COc1ccc(CCC(=O)N2CCCN(C(=O)CCc3cccc(F)c3)CC2)cc1. The fourth-order valence-electron chi connectivity index (χ4n) is 3.72. The topological polar surface area (TPSA) is 49.9 Å². The van der Waals surface area contributed by atoms with Gasteiger partial charge in [0, 0.05) is 39.0 Å². The van der Waals surface area contributed by atoms with E-state index < -0.39 is 0 Å². The van der Waals surface area contributed by atoms with Gasteiger partial charge in [-0.3, -0.25) is 9.59 Å². The van der Waals surface area contributed by atoms with Gasteiger partial charge in [0.25, 0.3) is 0 Å². The summed E-state index contributed by atoms with van der Waals surface area (Å²) in [6.45, 7) is 2.45. The minimum Gasteiger partial charge on any atom is -0.497 e. The van der Waals surface area contributed by atoms with Crippen LogP contribution in [0.4, 0.5) is 4.39 Å². The zero-order chi connectivity index (χ0) is 21.3. The van der Waals surface area contributed by atoms with Crippen LogP contribution in [0.1, 0.15) is 30.4 Å². The van der Waals surface area contributed by atoms with Crippen molar-refractivity contribution in [2.24, 2.45) is 0 Å². The van der Waals surface area contributed by atoms with Gasteiger partial charge in [-0.25, -0.2) is 4.39 Å². The number of nitrogens with zero attached hydrogens (tertiary/aromatic N) is 2. The van der Waals surface area contributed by atoms with Crippen molar-refractivity contribution in [3.05, 3.63) is 65.5 Å². The number of benzene rings is 2. The van der Waals surface area contributed by atoms with Gasteiger partial charge in [0.15, 0.2) is 0 Å². The predicted octanol–water partition coefficient (Wildman–Crippen LogP) is 3.46. The van der Waals surface area contributed by atoms with Crippen molar-refractivity contribution in [1.29, 1.82) is 0 Å². The third-order valence-electron chi connectivity index (χ3n) is 5.50. The van der Waals surface area contributed by atoms with Gasteiger partial charge in [-0.05, 0) is 54.7 Å². The van der Waals surface area contributed by atoms with Crippen LogP contribution in [0.2, 0.25) is 0 Å². The summed E-state index contributed by atoms with van der Waals surface area (Å²) in [6, 6.07) is 14.1. The third kappa shape index (κ3) is 6.31. The molecule has 0 aromatic heterocycles. The van der Waals surface area contributed by atoms with E-state index in [4.69, 9.17) is 4.74 Å². The Morgan fingerprint density at radius 2 is 1.47 bits per heavy atom. The summed E-state index contributed by atoms with van der Waals surface area (Å²) in [7, 11) is 1.63. The Kier molecular flexibility index (Phi) is 7.82. The lowest BCUT2D eigenvalue weighted by Gasteiger charge is -2.22. The first-order valence-electron chi connectivity index (χ1n) is 10.5. The first-order valence-corrected chi connectivity index (χ1v) is 10.5. The second-order valence-corrected chi connectivity index (χ2v) is 7.59. The Bertz CT molecular complexity index is 854. The molecule has 1 heterocycles. The van der Waals surface area contributed by atoms with Gasteiger partial charge >= 0.3 is 0 Å². The molecule has 0 bridgehead atoms. The van der Waals surface area contributed by atoms with Crippen LogP contribution in [0, 0.1) is 5.82 Å². The summed E-state index contributed by atoms with van der Waals surface area (Å²) in [4.78, 5) is 28.9. The maximum Gasteiger partial charge on any atom is 0.222 e. The lowest BCUT2D eigenvalue weighted by molar-refractivity contribution is -0.133. The van der Waals surface area contributed by atoms with E-state index in [1.165, 1.54) is 12.1 Å². The number of hydrogen-bond donors (Lipinski definition) is 0. The molecular formula is C24H29FN2O3. The zero-order valence-corrected chi connectivity index (χ0v) is 17.5. The summed E-state index contributed by atoms with van der Waals surface area (Å²) in [5.74, 6) is 0.713. The summed E-state index contributed by atoms with van der Waals surface area (Å²) in [6.07, 6.45) is 2.81. The van der Waals surface area contributed by atoms with E-state index >= 15 is 0 Å². The molecule has 5 nitrogen and oxygen atoms in total. The molecule has 1 saturated heterocycles. The Morgan fingerprint density at radius 1 is 0.867 bits per heavy atom. The molecule has 2 aromatic rings. The second kappa shape index (κ2) is 10.8. The summed E-state index contributed by atoms with van der Waals surface area (Å²) < 4.78 is 18.4. The minimum absolute atomic E-state index is 0.0618. The van der Waals surface area contributed by atoms with Gasteiger partial charge in [0.1, 0.15) is 11.6 Å². The third-order valence-corrected chi connectivity index (χ3v) is 5.50. The Labute approximate surface area is 177 Å². The number of ether oxygens (including phenoxy) is 1. The van der Waals surface area contributed by atoms with E-state index in [0.717, 1.165) is 23.3 Å². The maximum atomic E-state index is 13.3. The minimum atomic E-state index is -0.279. The van der Waals surface area contributed by atoms with Crippen molar-refractivity contribution in [3.63, 3.8) is 0 Å². The molecular weight excluding hydrogens is 383 g/mol. The van der Waals surface area contributed by atoms with Crippen molar-refractivity contribution in [2.45, 2.75) is 32.1 Å². The number of amides is 2. The van der Waals surface area contributed by atoms with Crippen LogP contribution >= 0.6 is 0 Å². The van der Waals surface area contributed by atoms with Crippen LogP contribution in [-0.4, -0.2) is 54.9 Å². The Hall–Kier alpha value is -2.89. The molecule has 30 heavy (non-hydrogen) atoms. The van der Waals surface area contributed by atoms with Crippen molar-refractivity contribution in [1.82, 2.24) is 9.80 Å². The molecule has 2 amide bonds. The number of carbonyl (C=O) groups excluding carboxylic acids is 2. The largest absolute Gasteiger partial charge is 0.497 e. The lowest BCUT2D eigenvalue weighted by Crippen LogP contribution is -2.37. The molecule has 0 radical (unpaired) electrons. The van der Waals surface area contributed by atoms with Gasteiger partial charge < -0.3 is 14.5 Å². The predicted molar refractivity (Wildman–Crippen MR) is 114 cm³/mol. The molecule has 0 aliphatic carbocycles. The normalized spacial score (nSPS) is 14.3. The fraction of sp³-hybridized carbons (Fsp3) is 0.417. The van der Waals surface area contributed by atoms with E-state index in [1.807, 2.05) is 40.1 Å². The maximum absolute atomic E-state index is 13.3. The van der Waals surface area contributed by atoms with Gasteiger partial charge in [-0.1, -0.05) is 24.3 Å². The molecule has 0 unspecified atom stereocenters. The highest BCUT2D eigenvalue weighted by molar-refractivity contribution is 5.78. The van der Waals surface area contributed by atoms with E-state index in [1.54, 1.807) is 13.2 Å². The zero-order valence-electron chi connectivity index (χ0n) is 17.5. The van der Waals surface area contributed by atoms with Crippen molar-refractivity contribution in [3.8, 4) is 5.75 Å². The average molecular weight is 413 g/mol. The number of halogens is 1. The van der Waals surface area contributed by atoms with Gasteiger partial charge in [0.05, 0.1) is 7.11 Å². The number of rotatable bonds is 7. The molecule has 0 spiro atoms. The molecule has 1 aliphatic heterocycles. The summed E-state index contributed by atoms with van der Waals surface area (Å²) in [5, 5.41) is 0. The number of methoxy groups -OCH3 is 1. The van der Waals surface area contributed by atoms with Crippen LogP contribution in [0.3, 0.4) is 0 Å². The van der Waals surface area contributed by atoms with E-state index in [9.17, 15) is 14.0 Å². The molecule has 160 valence electrons. The Balaban J connectivity index is 1.44. The molecule has 1 fully saturated rings. The first kappa shape index (κ1) is 21.8. The summed E-state index contributed by atoms with van der Waals surface area (Å²) in [5.41, 5.74) is 1.93. The standard InChI is InChI=1S/C24H29FN2O3/c1-30-22-10-6-19(7-11-22)8-12-23(28)26-14-3-15-27(17-16-26)24(29)13-9-20-4-2-5-21(25)18-20/h2,4-7,10-11,18H,3,8-9,12-17H2,1H3. The first-order chi connectivity index (χ1) is 14.5.